The molecule has 2 heterocycles. The van der Waals surface area contributed by atoms with Crippen molar-refractivity contribution in [3.8, 4) is 0 Å². The molecule has 2 N–H and O–H groups in total. The number of carbonyl (C=O) groups excluding carboxylic acids is 1. The van der Waals surface area contributed by atoms with E-state index in [4.69, 9.17) is 10.5 Å². The summed E-state index contributed by atoms with van der Waals surface area (Å²) in [6.45, 7) is 0.753. The summed E-state index contributed by atoms with van der Waals surface area (Å²) in [6, 6.07) is 3.70. The highest BCUT2D eigenvalue weighted by Crippen LogP contribution is 2.29. The van der Waals surface area contributed by atoms with Gasteiger partial charge in [-0.3, -0.25) is 0 Å². The molecule has 5 nitrogen and oxygen atoms in total. The average molecular weight is 275 g/mol. The first-order chi connectivity index (χ1) is 8.86. The van der Waals surface area contributed by atoms with Crippen LogP contribution in [-0.4, -0.2) is 30.3 Å². The lowest BCUT2D eigenvalue weighted by Gasteiger charge is -2.18. The zero-order chi connectivity index (χ0) is 14.0. The molecule has 1 aromatic rings. The molecule has 1 aliphatic rings. The van der Waals surface area contributed by atoms with Gasteiger partial charge in [0.2, 0.25) is 0 Å². The fourth-order valence-electron chi connectivity index (χ4n) is 1.95. The summed E-state index contributed by atoms with van der Waals surface area (Å²) in [5, 5.41) is 0. The molecular weight excluding hydrogens is 263 g/mol. The minimum atomic E-state index is -4.47. The third kappa shape index (κ3) is 3.27. The van der Waals surface area contributed by atoms with E-state index in [1.54, 1.807) is 4.90 Å². The molecule has 1 aliphatic heterocycles. The predicted molar refractivity (Wildman–Crippen MR) is 60.5 cm³/mol. The maximum absolute atomic E-state index is 12.5. The minimum Gasteiger partial charge on any atom is -0.444 e. The van der Waals surface area contributed by atoms with Crippen molar-refractivity contribution in [2.45, 2.75) is 18.7 Å². The van der Waals surface area contributed by atoms with Gasteiger partial charge in [-0.05, 0) is 12.1 Å². The van der Waals surface area contributed by atoms with Crippen molar-refractivity contribution in [3.05, 3.63) is 23.9 Å². The van der Waals surface area contributed by atoms with E-state index in [0.29, 0.717) is 13.0 Å². The van der Waals surface area contributed by atoms with Gasteiger partial charge in [-0.25, -0.2) is 9.78 Å². The lowest BCUT2D eigenvalue weighted by molar-refractivity contribution is -0.141. The van der Waals surface area contributed by atoms with Crippen molar-refractivity contribution in [1.82, 2.24) is 4.98 Å². The smallest absolute Gasteiger partial charge is 0.433 e. The van der Waals surface area contributed by atoms with Crippen LogP contribution < -0.4 is 10.6 Å². The topological polar surface area (TPSA) is 68.5 Å². The highest BCUT2D eigenvalue weighted by molar-refractivity contribution is 5.65. The SMILES string of the molecule is NC(=O)O[C@@H]1CCN(c2cccc(C(F)(F)F)n2)C1. The third-order valence-electron chi connectivity index (χ3n) is 2.78. The Morgan fingerprint density at radius 1 is 1.47 bits per heavy atom. The van der Waals surface area contributed by atoms with Gasteiger partial charge in [0.05, 0.1) is 6.54 Å². The molecule has 1 amide bonds. The largest absolute Gasteiger partial charge is 0.444 e. The highest BCUT2D eigenvalue weighted by atomic mass is 19.4. The number of pyridine rings is 1. The van der Waals surface area contributed by atoms with Gasteiger partial charge in [0, 0.05) is 13.0 Å². The highest BCUT2D eigenvalue weighted by Gasteiger charge is 2.33. The van der Waals surface area contributed by atoms with Gasteiger partial charge in [-0.1, -0.05) is 6.07 Å². The molecule has 1 saturated heterocycles. The van der Waals surface area contributed by atoms with E-state index in [1.165, 1.54) is 12.1 Å². The number of hydrogen-bond acceptors (Lipinski definition) is 4. The molecule has 0 aromatic carbocycles. The number of carbonyl (C=O) groups is 1. The Hall–Kier alpha value is -1.99. The molecule has 2 rings (SSSR count). The number of nitrogens with two attached hydrogens (primary N) is 1. The first kappa shape index (κ1) is 13.4. The molecule has 19 heavy (non-hydrogen) atoms. The lowest BCUT2D eigenvalue weighted by Crippen LogP contribution is -2.27. The number of alkyl halides is 3. The predicted octanol–water partition coefficient (Wildman–Crippen LogP) is 1.77. The fraction of sp³-hybridized carbons (Fsp3) is 0.455. The van der Waals surface area contributed by atoms with E-state index < -0.39 is 24.1 Å². The number of nitrogens with zero attached hydrogens (tertiary/aromatic N) is 2. The Balaban J connectivity index is 2.09. The van der Waals surface area contributed by atoms with Gasteiger partial charge in [-0.15, -0.1) is 0 Å². The molecule has 0 saturated carbocycles. The van der Waals surface area contributed by atoms with Crippen LogP contribution >= 0.6 is 0 Å². The van der Waals surface area contributed by atoms with Crippen molar-refractivity contribution in [3.63, 3.8) is 0 Å². The van der Waals surface area contributed by atoms with E-state index in [9.17, 15) is 18.0 Å². The van der Waals surface area contributed by atoms with Gasteiger partial charge < -0.3 is 15.4 Å². The van der Waals surface area contributed by atoms with E-state index in [1.807, 2.05) is 0 Å². The Morgan fingerprint density at radius 2 is 2.21 bits per heavy atom. The quantitative estimate of drug-likeness (QED) is 0.893. The molecular formula is C11H12F3N3O2. The van der Waals surface area contributed by atoms with Gasteiger partial charge in [0.25, 0.3) is 0 Å². The second-order valence-corrected chi connectivity index (χ2v) is 4.17. The monoisotopic (exact) mass is 275 g/mol. The summed E-state index contributed by atoms with van der Waals surface area (Å²) in [4.78, 5) is 15.8. The lowest BCUT2D eigenvalue weighted by atomic mass is 10.3. The van der Waals surface area contributed by atoms with Crippen molar-refractivity contribution in [2.24, 2.45) is 5.73 Å². The Bertz CT molecular complexity index is 478. The van der Waals surface area contributed by atoms with Crippen LogP contribution in [0.2, 0.25) is 0 Å². The van der Waals surface area contributed by atoms with Crippen LogP contribution in [0.15, 0.2) is 18.2 Å². The van der Waals surface area contributed by atoms with Gasteiger partial charge in [0.1, 0.15) is 17.6 Å². The number of aromatic nitrogens is 1. The second kappa shape index (κ2) is 4.94. The number of amides is 1. The first-order valence-electron chi connectivity index (χ1n) is 5.61. The van der Waals surface area contributed by atoms with E-state index >= 15 is 0 Å². The van der Waals surface area contributed by atoms with Crippen LogP contribution in [0.4, 0.5) is 23.8 Å². The standard InChI is InChI=1S/C11H12F3N3O2/c12-11(13,14)8-2-1-3-9(16-8)17-5-4-7(6-17)19-10(15)18/h1-3,7H,4-6H2,(H2,15,18)/t7-/m1/s1. The summed E-state index contributed by atoms with van der Waals surface area (Å²) in [5.74, 6) is 0.213. The molecule has 0 unspecified atom stereocenters. The van der Waals surface area contributed by atoms with Crippen LogP contribution in [0.1, 0.15) is 12.1 Å². The second-order valence-electron chi connectivity index (χ2n) is 4.17. The minimum absolute atomic E-state index is 0.213. The van der Waals surface area contributed by atoms with Crippen molar-refractivity contribution >= 4 is 11.9 Å². The maximum atomic E-state index is 12.5. The van der Waals surface area contributed by atoms with Crippen LogP contribution in [0, 0.1) is 0 Å². The van der Waals surface area contributed by atoms with E-state index in [2.05, 4.69) is 4.98 Å². The number of rotatable bonds is 2. The molecule has 1 fully saturated rings. The Morgan fingerprint density at radius 3 is 2.84 bits per heavy atom. The summed E-state index contributed by atoms with van der Waals surface area (Å²) in [5.41, 5.74) is 3.95. The number of halogens is 3. The Labute approximate surface area is 107 Å². The van der Waals surface area contributed by atoms with Crippen molar-refractivity contribution < 1.29 is 22.7 Å². The van der Waals surface area contributed by atoms with Crippen LogP contribution in [-0.2, 0) is 10.9 Å². The average Bonchev–Trinajstić information content (AvgIpc) is 2.76. The van der Waals surface area contributed by atoms with Gasteiger partial charge in [0.15, 0.2) is 0 Å². The zero-order valence-corrected chi connectivity index (χ0v) is 9.85. The maximum Gasteiger partial charge on any atom is 0.433 e. The number of primary amides is 1. The molecule has 1 atom stereocenters. The molecule has 0 spiro atoms. The van der Waals surface area contributed by atoms with Crippen molar-refractivity contribution in [1.29, 1.82) is 0 Å². The van der Waals surface area contributed by atoms with Crippen molar-refractivity contribution in [2.75, 3.05) is 18.0 Å². The number of hydrogen-bond donors (Lipinski definition) is 1. The van der Waals surface area contributed by atoms with Gasteiger partial charge >= 0.3 is 12.3 Å². The molecule has 0 aliphatic carbocycles. The summed E-state index contributed by atoms with van der Waals surface area (Å²) in [6.07, 6.45) is -5.25. The first-order valence-corrected chi connectivity index (χ1v) is 5.61. The summed E-state index contributed by atoms with van der Waals surface area (Å²) >= 11 is 0. The molecule has 0 radical (unpaired) electrons. The molecule has 1 aromatic heterocycles. The van der Waals surface area contributed by atoms with E-state index in [-0.39, 0.29) is 12.4 Å². The summed E-state index contributed by atoms with van der Waals surface area (Å²) < 4.78 is 42.4. The normalized spacial score (nSPS) is 19.5. The Kier molecular flexibility index (Phi) is 3.50. The number of ether oxygens (including phenoxy) is 1. The van der Waals surface area contributed by atoms with Gasteiger partial charge in [-0.2, -0.15) is 13.2 Å². The molecule has 0 bridgehead atoms. The van der Waals surface area contributed by atoms with Crippen LogP contribution in [0.25, 0.3) is 0 Å². The molecule has 8 heteroatoms. The molecule has 104 valence electrons. The zero-order valence-electron chi connectivity index (χ0n) is 9.85. The number of anilines is 1. The van der Waals surface area contributed by atoms with Crippen LogP contribution in [0.3, 0.4) is 0 Å². The van der Waals surface area contributed by atoms with E-state index in [0.717, 1.165) is 6.07 Å². The fourth-order valence-corrected chi connectivity index (χ4v) is 1.95. The summed E-state index contributed by atoms with van der Waals surface area (Å²) in [7, 11) is 0. The third-order valence-corrected chi connectivity index (χ3v) is 2.78. The van der Waals surface area contributed by atoms with Crippen LogP contribution in [0.5, 0.6) is 0 Å².